The van der Waals surface area contributed by atoms with E-state index < -0.39 is 0 Å². The van der Waals surface area contributed by atoms with Gasteiger partial charge in [0.25, 0.3) is 5.91 Å². The van der Waals surface area contributed by atoms with Crippen LogP contribution in [-0.4, -0.2) is 48.6 Å². The Morgan fingerprint density at radius 2 is 1.96 bits per heavy atom. The van der Waals surface area contributed by atoms with Gasteiger partial charge in [0.2, 0.25) is 0 Å². The van der Waals surface area contributed by atoms with E-state index >= 15 is 0 Å². The smallest absolute Gasteiger partial charge is 0.271 e. The summed E-state index contributed by atoms with van der Waals surface area (Å²) in [5.74, 6) is -0.129. The minimum absolute atomic E-state index is 0.0799. The molecule has 0 aliphatic carbocycles. The van der Waals surface area contributed by atoms with Gasteiger partial charge < -0.3 is 10.1 Å². The molecule has 5 nitrogen and oxygen atoms in total. The number of hydrogen-bond acceptors (Lipinski definition) is 6. The fraction of sp³-hybridized carbons (Fsp3) is 0.300. The maximum absolute atomic E-state index is 12.8. The van der Waals surface area contributed by atoms with Gasteiger partial charge in [0.1, 0.15) is 10.7 Å². The summed E-state index contributed by atoms with van der Waals surface area (Å²) < 4.78 is 5.44. The Hall–Kier alpha value is -2.06. The minimum atomic E-state index is -0.129. The second-order valence-corrected chi connectivity index (χ2v) is 8.17. The van der Waals surface area contributed by atoms with Crippen LogP contribution >= 0.6 is 22.7 Å². The van der Waals surface area contributed by atoms with Crippen LogP contribution in [0.25, 0.3) is 9.88 Å². The molecule has 1 aliphatic heterocycles. The van der Waals surface area contributed by atoms with Crippen LogP contribution in [0.5, 0.6) is 0 Å². The van der Waals surface area contributed by atoms with E-state index in [1.165, 1.54) is 11.3 Å². The zero-order chi connectivity index (χ0) is 18.5. The summed E-state index contributed by atoms with van der Waals surface area (Å²) in [6.07, 6.45) is 0. The molecule has 27 heavy (non-hydrogen) atoms. The molecule has 1 aromatic carbocycles. The van der Waals surface area contributed by atoms with Crippen LogP contribution in [0.2, 0.25) is 0 Å². The van der Waals surface area contributed by atoms with Gasteiger partial charge in [-0.25, -0.2) is 4.98 Å². The van der Waals surface area contributed by atoms with Crippen molar-refractivity contribution >= 4 is 28.6 Å². The Morgan fingerprint density at radius 3 is 2.70 bits per heavy atom. The van der Waals surface area contributed by atoms with Crippen LogP contribution in [0.1, 0.15) is 22.1 Å². The van der Waals surface area contributed by atoms with Crippen LogP contribution in [-0.2, 0) is 4.74 Å². The quantitative estimate of drug-likeness (QED) is 0.687. The van der Waals surface area contributed by atoms with Crippen molar-refractivity contribution in [3.63, 3.8) is 0 Å². The Labute approximate surface area is 166 Å². The summed E-state index contributed by atoms with van der Waals surface area (Å²) in [6.45, 7) is 4.02. The standard InChI is InChI=1S/C20H21N3O2S2/c24-19(17-14-27-20(22-17)18-7-4-12-26-18)21-16(15-5-2-1-3-6-15)13-23-8-10-25-11-9-23/h1-7,12,14,16H,8-11,13H2,(H,21,24). The highest BCUT2D eigenvalue weighted by molar-refractivity contribution is 7.20. The maximum atomic E-state index is 12.8. The van der Waals surface area contributed by atoms with Gasteiger partial charge in [-0.05, 0) is 17.0 Å². The molecule has 1 saturated heterocycles. The Balaban J connectivity index is 1.49. The van der Waals surface area contributed by atoms with Crippen molar-refractivity contribution in [2.75, 3.05) is 32.8 Å². The summed E-state index contributed by atoms with van der Waals surface area (Å²) in [5.41, 5.74) is 1.58. The fourth-order valence-corrected chi connectivity index (χ4v) is 4.70. The Morgan fingerprint density at radius 1 is 1.15 bits per heavy atom. The van der Waals surface area contributed by atoms with E-state index in [2.05, 4.69) is 27.3 Å². The molecule has 1 amide bonds. The third-order valence-electron chi connectivity index (χ3n) is 4.52. The van der Waals surface area contributed by atoms with Crippen LogP contribution in [0.4, 0.5) is 0 Å². The van der Waals surface area contributed by atoms with E-state index in [-0.39, 0.29) is 11.9 Å². The first-order valence-corrected chi connectivity index (χ1v) is 10.7. The van der Waals surface area contributed by atoms with Crippen LogP contribution in [0.15, 0.2) is 53.2 Å². The van der Waals surface area contributed by atoms with E-state index in [1.54, 1.807) is 11.3 Å². The summed E-state index contributed by atoms with van der Waals surface area (Å²) in [7, 11) is 0. The highest BCUT2D eigenvalue weighted by Gasteiger charge is 2.22. The number of nitrogens with zero attached hydrogens (tertiary/aromatic N) is 2. The van der Waals surface area contributed by atoms with Crippen molar-refractivity contribution in [2.24, 2.45) is 0 Å². The molecule has 4 rings (SSSR count). The molecule has 3 aromatic rings. The molecule has 7 heteroatoms. The second kappa shape index (κ2) is 8.75. The van der Waals surface area contributed by atoms with E-state index in [9.17, 15) is 4.79 Å². The molecular weight excluding hydrogens is 378 g/mol. The van der Waals surface area contributed by atoms with Crippen LogP contribution in [0, 0.1) is 0 Å². The van der Waals surface area contributed by atoms with Gasteiger partial charge >= 0.3 is 0 Å². The number of thiophene rings is 1. The number of amides is 1. The van der Waals surface area contributed by atoms with Crippen molar-refractivity contribution in [1.82, 2.24) is 15.2 Å². The van der Waals surface area contributed by atoms with E-state index in [4.69, 9.17) is 4.74 Å². The third kappa shape index (κ3) is 4.62. The van der Waals surface area contributed by atoms with Crippen LogP contribution in [0.3, 0.4) is 0 Å². The predicted octanol–water partition coefficient (Wildman–Crippen LogP) is 3.67. The van der Waals surface area contributed by atoms with Gasteiger partial charge in [-0.3, -0.25) is 9.69 Å². The first-order valence-electron chi connectivity index (χ1n) is 8.95. The maximum Gasteiger partial charge on any atom is 0.271 e. The number of thiazole rings is 1. The number of carbonyl (C=O) groups excluding carboxylic acids is 1. The van der Waals surface area contributed by atoms with E-state index in [0.717, 1.165) is 48.3 Å². The highest BCUT2D eigenvalue weighted by Crippen LogP contribution is 2.28. The molecule has 1 atom stereocenters. The third-order valence-corrected chi connectivity index (χ3v) is 6.40. The molecular formula is C20H21N3O2S2. The molecule has 0 bridgehead atoms. The molecule has 0 saturated carbocycles. The average molecular weight is 400 g/mol. The molecule has 1 N–H and O–H groups in total. The molecule has 3 heterocycles. The number of carbonyl (C=O) groups is 1. The molecule has 0 radical (unpaired) electrons. The number of rotatable bonds is 6. The summed E-state index contributed by atoms with van der Waals surface area (Å²) >= 11 is 3.14. The number of aromatic nitrogens is 1. The topological polar surface area (TPSA) is 54.5 Å². The first-order chi connectivity index (χ1) is 13.3. The predicted molar refractivity (Wildman–Crippen MR) is 109 cm³/mol. The van der Waals surface area contributed by atoms with Crippen molar-refractivity contribution in [3.05, 3.63) is 64.5 Å². The van der Waals surface area contributed by atoms with Gasteiger partial charge in [-0.15, -0.1) is 22.7 Å². The Bertz CT molecular complexity index is 859. The number of ether oxygens (including phenoxy) is 1. The minimum Gasteiger partial charge on any atom is -0.379 e. The van der Waals surface area contributed by atoms with Gasteiger partial charge in [0, 0.05) is 25.0 Å². The van der Waals surface area contributed by atoms with E-state index in [1.807, 2.05) is 41.1 Å². The van der Waals surface area contributed by atoms with Crippen molar-refractivity contribution in [1.29, 1.82) is 0 Å². The van der Waals surface area contributed by atoms with Gasteiger partial charge in [0.15, 0.2) is 0 Å². The van der Waals surface area contributed by atoms with Gasteiger partial charge in [-0.1, -0.05) is 36.4 Å². The highest BCUT2D eigenvalue weighted by atomic mass is 32.1. The molecule has 1 aliphatic rings. The largest absolute Gasteiger partial charge is 0.379 e. The van der Waals surface area contributed by atoms with Crippen LogP contribution < -0.4 is 5.32 Å². The number of hydrogen-bond donors (Lipinski definition) is 1. The number of nitrogens with one attached hydrogen (secondary N) is 1. The van der Waals surface area contributed by atoms with Crippen molar-refractivity contribution in [3.8, 4) is 9.88 Å². The Kier molecular flexibility index (Phi) is 5.94. The summed E-state index contributed by atoms with van der Waals surface area (Å²) in [6, 6.07) is 14.1. The second-order valence-electron chi connectivity index (χ2n) is 6.36. The zero-order valence-corrected chi connectivity index (χ0v) is 16.5. The first kappa shape index (κ1) is 18.3. The summed E-state index contributed by atoms with van der Waals surface area (Å²) in [5, 5.41) is 7.92. The average Bonchev–Trinajstić information content (AvgIpc) is 3.41. The van der Waals surface area contributed by atoms with Crippen molar-refractivity contribution < 1.29 is 9.53 Å². The lowest BCUT2D eigenvalue weighted by molar-refractivity contribution is 0.0332. The molecule has 1 unspecified atom stereocenters. The lowest BCUT2D eigenvalue weighted by Crippen LogP contribution is -2.43. The summed E-state index contributed by atoms with van der Waals surface area (Å²) in [4.78, 5) is 20.8. The van der Waals surface area contributed by atoms with Gasteiger partial charge in [-0.2, -0.15) is 0 Å². The zero-order valence-electron chi connectivity index (χ0n) is 14.8. The fourth-order valence-electron chi connectivity index (χ4n) is 3.09. The SMILES string of the molecule is O=C(NC(CN1CCOCC1)c1ccccc1)c1csc(-c2cccs2)n1. The lowest BCUT2D eigenvalue weighted by atomic mass is 10.1. The molecule has 140 valence electrons. The number of benzene rings is 1. The molecule has 1 fully saturated rings. The normalized spacial score (nSPS) is 16.1. The number of morpholine rings is 1. The lowest BCUT2D eigenvalue weighted by Gasteiger charge is -2.31. The molecule has 2 aromatic heterocycles. The van der Waals surface area contributed by atoms with Crippen molar-refractivity contribution in [2.45, 2.75) is 6.04 Å². The molecule has 0 spiro atoms. The monoisotopic (exact) mass is 399 g/mol. The van der Waals surface area contributed by atoms with E-state index in [0.29, 0.717) is 5.69 Å². The van der Waals surface area contributed by atoms with Gasteiger partial charge in [0.05, 0.1) is 24.1 Å².